The highest BCUT2D eigenvalue weighted by atomic mass is 16.6. The zero-order valence-electron chi connectivity index (χ0n) is 20.5. The average Bonchev–Trinajstić information content (AvgIpc) is 2.73. The smallest absolute Gasteiger partial charge is 0.408 e. The van der Waals surface area contributed by atoms with Gasteiger partial charge in [0.25, 0.3) is 0 Å². The molecule has 0 heterocycles. The highest BCUT2D eigenvalue weighted by molar-refractivity contribution is 5.93. The Hall–Kier alpha value is -3.63. The van der Waals surface area contributed by atoms with E-state index in [4.69, 9.17) is 10.5 Å². The second kappa shape index (κ2) is 12.6. The molecule has 0 fully saturated rings. The van der Waals surface area contributed by atoms with Gasteiger partial charge in [-0.3, -0.25) is 19.2 Å². The molecular weight excluding hydrogens is 444 g/mol. The Balaban J connectivity index is 3.24. The summed E-state index contributed by atoms with van der Waals surface area (Å²) in [5.41, 5.74) is 5.75. The number of methoxy groups -OCH3 is 1. The number of carbonyl (C=O) groups is 5. The molecule has 0 bridgehead atoms. The molecule has 1 aromatic carbocycles. The number of rotatable bonds is 10. The van der Waals surface area contributed by atoms with E-state index in [-0.39, 0.29) is 19.4 Å². The molecule has 4 amide bonds. The van der Waals surface area contributed by atoms with Crippen LogP contribution in [0, 0.1) is 6.92 Å². The second-order valence-corrected chi connectivity index (χ2v) is 8.76. The number of benzene rings is 1. The first-order valence-corrected chi connectivity index (χ1v) is 10.7. The summed E-state index contributed by atoms with van der Waals surface area (Å²) < 4.78 is 9.77. The Kier molecular flexibility index (Phi) is 10.5. The van der Waals surface area contributed by atoms with Crippen molar-refractivity contribution in [2.75, 3.05) is 20.7 Å². The molecule has 34 heavy (non-hydrogen) atoms. The Morgan fingerprint density at radius 2 is 1.79 bits per heavy atom. The fourth-order valence-electron chi connectivity index (χ4n) is 3.09. The van der Waals surface area contributed by atoms with Crippen LogP contribution in [-0.4, -0.2) is 67.0 Å². The van der Waals surface area contributed by atoms with Crippen LogP contribution >= 0.6 is 0 Å². The van der Waals surface area contributed by atoms with Crippen molar-refractivity contribution in [1.82, 2.24) is 15.5 Å². The number of ether oxygens (including phenoxy) is 2. The van der Waals surface area contributed by atoms with Crippen LogP contribution in [0.1, 0.15) is 50.8 Å². The number of nitrogens with zero attached hydrogens (tertiary/aromatic N) is 1. The first kappa shape index (κ1) is 28.4. The minimum Gasteiger partial charge on any atom is -0.468 e. The fraction of sp³-hybridized carbons (Fsp3) is 0.522. The van der Waals surface area contributed by atoms with Gasteiger partial charge in [0.1, 0.15) is 24.2 Å². The number of primary amides is 1. The topological polar surface area (TPSA) is 157 Å². The number of alkyl carbamates (subject to hydrolysis) is 1. The molecule has 2 atom stereocenters. The summed E-state index contributed by atoms with van der Waals surface area (Å²) in [6.45, 7) is 6.43. The van der Waals surface area contributed by atoms with Crippen molar-refractivity contribution < 1.29 is 33.4 Å². The van der Waals surface area contributed by atoms with Crippen LogP contribution in [0.4, 0.5) is 4.79 Å². The molecule has 0 aliphatic carbocycles. The maximum atomic E-state index is 13.4. The molecule has 0 spiro atoms. The first-order chi connectivity index (χ1) is 15.7. The first-order valence-electron chi connectivity index (χ1n) is 10.7. The van der Waals surface area contributed by atoms with Gasteiger partial charge >= 0.3 is 12.1 Å². The highest BCUT2D eigenvalue weighted by Gasteiger charge is 2.34. The van der Waals surface area contributed by atoms with Crippen LogP contribution in [0.2, 0.25) is 0 Å². The van der Waals surface area contributed by atoms with E-state index in [1.807, 2.05) is 13.0 Å². The SMILES string of the molecule is COC(=O)CNC(=O)C(c1cccc(C)c1)N(C)C(=O)C(CCC(N)=O)NC(=O)OC(C)(C)C. The van der Waals surface area contributed by atoms with Crippen molar-refractivity contribution in [3.8, 4) is 0 Å². The van der Waals surface area contributed by atoms with Gasteiger partial charge in [-0.25, -0.2) is 4.79 Å². The number of amides is 4. The average molecular weight is 479 g/mol. The third kappa shape index (κ3) is 9.47. The summed E-state index contributed by atoms with van der Waals surface area (Å²) in [7, 11) is 2.58. The van der Waals surface area contributed by atoms with Crippen LogP contribution in [0.3, 0.4) is 0 Å². The highest BCUT2D eigenvalue weighted by Crippen LogP contribution is 2.22. The summed E-state index contributed by atoms with van der Waals surface area (Å²) in [4.78, 5) is 62.7. The van der Waals surface area contributed by atoms with E-state index in [1.54, 1.807) is 39.0 Å². The minimum atomic E-state index is -1.19. The predicted octanol–water partition coefficient (Wildman–Crippen LogP) is 0.943. The largest absolute Gasteiger partial charge is 0.468 e. The van der Waals surface area contributed by atoms with E-state index < -0.39 is 47.5 Å². The van der Waals surface area contributed by atoms with Crippen LogP contribution in [0.5, 0.6) is 0 Å². The lowest BCUT2D eigenvalue weighted by Crippen LogP contribution is -2.52. The Bertz CT molecular complexity index is 911. The van der Waals surface area contributed by atoms with Crippen LogP contribution in [0.25, 0.3) is 0 Å². The third-order valence-electron chi connectivity index (χ3n) is 4.64. The zero-order chi connectivity index (χ0) is 26.1. The number of hydrogen-bond acceptors (Lipinski definition) is 7. The van der Waals surface area contributed by atoms with Gasteiger partial charge in [-0.1, -0.05) is 29.8 Å². The number of nitrogens with one attached hydrogen (secondary N) is 2. The number of likely N-dealkylation sites (N-methyl/N-ethyl adjacent to an activating group) is 1. The summed E-state index contributed by atoms with van der Waals surface area (Å²) in [6.07, 6.45) is -1.13. The van der Waals surface area contributed by atoms with Gasteiger partial charge in [0, 0.05) is 13.5 Å². The van der Waals surface area contributed by atoms with Gasteiger partial charge in [0.05, 0.1) is 7.11 Å². The molecule has 0 saturated heterocycles. The maximum Gasteiger partial charge on any atom is 0.408 e. The summed E-state index contributed by atoms with van der Waals surface area (Å²) in [5.74, 6) is -2.58. The van der Waals surface area contributed by atoms with Crippen LogP contribution in [-0.2, 0) is 28.7 Å². The van der Waals surface area contributed by atoms with Gasteiger partial charge in [0.2, 0.25) is 17.7 Å². The molecule has 11 nitrogen and oxygen atoms in total. The lowest BCUT2D eigenvalue weighted by atomic mass is 10.0. The molecule has 1 rings (SSSR count). The summed E-state index contributed by atoms with van der Waals surface area (Å²) in [6, 6.07) is 4.63. The number of carbonyl (C=O) groups excluding carboxylic acids is 5. The molecule has 4 N–H and O–H groups in total. The maximum absolute atomic E-state index is 13.4. The zero-order valence-corrected chi connectivity index (χ0v) is 20.5. The molecule has 1 aromatic rings. The van der Waals surface area contributed by atoms with E-state index in [0.717, 1.165) is 10.5 Å². The Morgan fingerprint density at radius 1 is 1.15 bits per heavy atom. The lowest BCUT2D eigenvalue weighted by Gasteiger charge is -2.31. The fourth-order valence-corrected chi connectivity index (χ4v) is 3.09. The van der Waals surface area contributed by atoms with Gasteiger partial charge < -0.3 is 30.7 Å². The van der Waals surface area contributed by atoms with Crippen LogP contribution < -0.4 is 16.4 Å². The molecule has 0 aliphatic heterocycles. The normalized spacial score (nSPS) is 12.6. The molecule has 0 aliphatic rings. The van der Waals surface area contributed by atoms with Crippen molar-refractivity contribution >= 4 is 29.8 Å². The van der Waals surface area contributed by atoms with Crippen molar-refractivity contribution in [3.05, 3.63) is 35.4 Å². The molecule has 0 radical (unpaired) electrons. The lowest BCUT2D eigenvalue weighted by molar-refractivity contribution is -0.143. The Labute approximate surface area is 199 Å². The van der Waals surface area contributed by atoms with E-state index in [0.29, 0.717) is 5.56 Å². The van der Waals surface area contributed by atoms with Gasteiger partial charge in [0.15, 0.2) is 0 Å². The van der Waals surface area contributed by atoms with Gasteiger partial charge in [-0.2, -0.15) is 0 Å². The second-order valence-electron chi connectivity index (χ2n) is 8.76. The number of aryl methyl sites for hydroxylation is 1. The summed E-state index contributed by atoms with van der Waals surface area (Å²) >= 11 is 0. The van der Waals surface area contributed by atoms with Crippen molar-refractivity contribution in [2.45, 2.75) is 58.2 Å². The third-order valence-corrected chi connectivity index (χ3v) is 4.64. The van der Waals surface area contributed by atoms with Gasteiger partial charge in [-0.15, -0.1) is 0 Å². The van der Waals surface area contributed by atoms with Gasteiger partial charge in [-0.05, 0) is 39.7 Å². The van der Waals surface area contributed by atoms with Crippen LogP contribution in [0.15, 0.2) is 24.3 Å². The molecular formula is C23H34N4O7. The Morgan fingerprint density at radius 3 is 2.32 bits per heavy atom. The van der Waals surface area contributed by atoms with Crippen molar-refractivity contribution in [2.24, 2.45) is 5.73 Å². The predicted molar refractivity (Wildman–Crippen MR) is 123 cm³/mol. The monoisotopic (exact) mass is 478 g/mol. The quantitative estimate of drug-likeness (QED) is 0.422. The van der Waals surface area contributed by atoms with Crippen molar-refractivity contribution in [3.63, 3.8) is 0 Å². The molecule has 188 valence electrons. The molecule has 2 unspecified atom stereocenters. The van der Waals surface area contributed by atoms with E-state index in [1.165, 1.54) is 14.2 Å². The number of esters is 1. The molecule has 0 saturated carbocycles. The number of hydrogen-bond donors (Lipinski definition) is 3. The molecule has 11 heteroatoms. The van der Waals surface area contributed by atoms with E-state index in [9.17, 15) is 24.0 Å². The standard InChI is InChI=1S/C23H34N4O7/c1-14-8-7-9-15(12-14)19(20(30)25-13-18(29)33-6)27(5)21(31)16(10-11-17(24)28)26-22(32)34-23(2,3)4/h7-9,12,16,19H,10-11,13H2,1-6H3,(H2,24,28)(H,25,30)(H,26,32). The van der Waals surface area contributed by atoms with E-state index >= 15 is 0 Å². The molecule has 0 aromatic heterocycles. The van der Waals surface area contributed by atoms with Crippen molar-refractivity contribution in [1.29, 1.82) is 0 Å². The summed E-state index contributed by atoms with van der Waals surface area (Å²) in [5, 5.41) is 4.91. The minimum absolute atomic E-state index is 0.0952. The number of nitrogens with two attached hydrogens (primary N) is 1. The van der Waals surface area contributed by atoms with E-state index in [2.05, 4.69) is 15.4 Å².